The molecule has 0 amide bonds. The van der Waals surface area contributed by atoms with E-state index in [1.807, 2.05) is 30.3 Å². The molecule has 0 spiro atoms. The van der Waals surface area contributed by atoms with Gasteiger partial charge in [-0.25, -0.2) is 9.50 Å². The third-order valence-corrected chi connectivity index (χ3v) is 2.90. The Hall–Kier alpha value is -2.87. The summed E-state index contributed by atoms with van der Waals surface area (Å²) in [5.41, 5.74) is 3.05. The number of rotatable bonds is 2. The second-order valence-electron chi connectivity index (χ2n) is 3.98. The Morgan fingerprint density at radius 2 is 2.16 bits per heavy atom. The predicted molar refractivity (Wildman–Crippen MR) is 69.7 cm³/mol. The number of hydrogen-bond acceptors (Lipinski definition) is 4. The maximum Gasteiger partial charge on any atom is 0.198 e. The first-order chi connectivity index (χ1) is 9.33. The van der Waals surface area contributed by atoms with Crippen LogP contribution < -0.4 is 4.74 Å². The first-order valence-electron chi connectivity index (χ1n) is 5.71. The highest BCUT2D eigenvalue weighted by atomic mass is 16.5. The summed E-state index contributed by atoms with van der Waals surface area (Å²) >= 11 is 0. The molecule has 0 radical (unpaired) electrons. The Bertz CT molecular complexity index is 785. The Kier molecular flexibility index (Phi) is 2.62. The molecule has 2 aromatic heterocycles. The van der Waals surface area contributed by atoms with Crippen molar-refractivity contribution >= 4 is 5.65 Å². The summed E-state index contributed by atoms with van der Waals surface area (Å²) < 4.78 is 6.95. The van der Waals surface area contributed by atoms with Crippen molar-refractivity contribution in [2.45, 2.75) is 0 Å². The Balaban J connectivity index is 2.26. The third-order valence-electron chi connectivity index (χ3n) is 2.90. The van der Waals surface area contributed by atoms with Crippen LogP contribution in [0.4, 0.5) is 0 Å². The van der Waals surface area contributed by atoms with Crippen LogP contribution in [0.15, 0.2) is 42.7 Å². The zero-order valence-electron chi connectivity index (χ0n) is 10.2. The molecule has 3 rings (SSSR count). The molecule has 0 fully saturated rings. The van der Waals surface area contributed by atoms with E-state index in [0.29, 0.717) is 17.0 Å². The topological polar surface area (TPSA) is 63.2 Å². The van der Waals surface area contributed by atoms with Gasteiger partial charge in [0.15, 0.2) is 11.4 Å². The molecule has 0 unspecified atom stereocenters. The Morgan fingerprint density at radius 1 is 1.26 bits per heavy atom. The van der Waals surface area contributed by atoms with Crippen LogP contribution in [0.1, 0.15) is 5.56 Å². The molecule has 1 aromatic carbocycles. The van der Waals surface area contributed by atoms with Gasteiger partial charge in [-0.1, -0.05) is 12.1 Å². The van der Waals surface area contributed by atoms with Crippen LogP contribution in [0.25, 0.3) is 16.9 Å². The molecule has 0 aliphatic carbocycles. The molecule has 0 aliphatic heterocycles. The van der Waals surface area contributed by atoms with Crippen molar-refractivity contribution in [2.24, 2.45) is 0 Å². The van der Waals surface area contributed by atoms with Gasteiger partial charge < -0.3 is 4.74 Å². The van der Waals surface area contributed by atoms with Crippen LogP contribution in [-0.2, 0) is 0 Å². The standard InChI is InChI=1S/C14H10N4O/c1-19-13-6-5-12(18-14(13)16-9-17-18)11-4-2-3-10(7-11)8-15/h2-7,9H,1H3. The number of hydrogen-bond donors (Lipinski definition) is 0. The fourth-order valence-corrected chi connectivity index (χ4v) is 2.01. The maximum absolute atomic E-state index is 8.96. The second-order valence-corrected chi connectivity index (χ2v) is 3.98. The zero-order valence-corrected chi connectivity index (χ0v) is 10.2. The largest absolute Gasteiger partial charge is 0.493 e. The van der Waals surface area contributed by atoms with Gasteiger partial charge in [0, 0.05) is 5.56 Å². The molecule has 0 N–H and O–H groups in total. The highest BCUT2D eigenvalue weighted by molar-refractivity contribution is 5.67. The van der Waals surface area contributed by atoms with E-state index in [1.165, 1.54) is 6.33 Å². The van der Waals surface area contributed by atoms with Crippen molar-refractivity contribution in [1.29, 1.82) is 5.26 Å². The third kappa shape index (κ3) is 1.79. The lowest BCUT2D eigenvalue weighted by Crippen LogP contribution is -1.97. The number of nitriles is 1. The van der Waals surface area contributed by atoms with Crippen LogP contribution in [0.2, 0.25) is 0 Å². The minimum absolute atomic E-state index is 0.613. The van der Waals surface area contributed by atoms with E-state index in [0.717, 1.165) is 11.3 Å². The van der Waals surface area contributed by atoms with Crippen LogP contribution in [0.3, 0.4) is 0 Å². The number of fused-ring (bicyclic) bond motifs is 1. The van der Waals surface area contributed by atoms with Crippen molar-refractivity contribution < 1.29 is 4.74 Å². The van der Waals surface area contributed by atoms with E-state index >= 15 is 0 Å². The molecule has 19 heavy (non-hydrogen) atoms. The second kappa shape index (κ2) is 4.42. The molecule has 0 bridgehead atoms. The fraction of sp³-hybridized carbons (Fsp3) is 0.0714. The Labute approximate surface area is 109 Å². The maximum atomic E-state index is 8.96. The average Bonchev–Trinajstić information content (AvgIpc) is 2.95. The predicted octanol–water partition coefficient (Wildman–Crippen LogP) is 2.28. The quantitative estimate of drug-likeness (QED) is 0.700. The monoisotopic (exact) mass is 250 g/mol. The van der Waals surface area contributed by atoms with E-state index < -0.39 is 0 Å². The number of ether oxygens (including phenoxy) is 1. The van der Waals surface area contributed by atoms with Crippen molar-refractivity contribution in [1.82, 2.24) is 14.6 Å². The molecule has 5 heteroatoms. The lowest BCUT2D eigenvalue weighted by molar-refractivity contribution is 0.416. The first kappa shape index (κ1) is 11.2. The molecule has 3 aromatic rings. The lowest BCUT2D eigenvalue weighted by atomic mass is 10.1. The van der Waals surface area contributed by atoms with Crippen LogP contribution in [0, 0.1) is 11.3 Å². The van der Waals surface area contributed by atoms with Crippen molar-refractivity contribution in [3.63, 3.8) is 0 Å². The average molecular weight is 250 g/mol. The molecule has 92 valence electrons. The highest BCUT2D eigenvalue weighted by Gasteiger charge is 2.10. The first-order valence-corrected chi connectivity index (χ1v) is 5.71. The van der Waals surface area contributed by atoms with E-state index in [4.69, 9.17) is 10.00 Å². The van der Waals surface area contributed by atoms with Gasteiger partial charge >= 0.3 is 0 Å². The van der Waals surface area contributed by atoms with Crippen molar-refractivity contribution in [3.05, 3.63) is 48.3 Å². The number of pyridine rings is 1. The molecule has 0 saturated heterocycles. The molecular formula is C14H10N4O. The summed E-state index contributed by atoms with van der Waals surface area (Å²) in [5.74, 6) is 0.665. The van der Waals surface area contributed by atoms with Crippen LogP contribution >= 0.6 is 0 Å². The SMILES string of the molecule is COc1ccc(-c2cccc(C#N)c2)n2ncnc12. The molecule has 5 nitrogen and oxygen atoms in total. The van der Waals surface area contributed by atoms with Gasteiger partial charge in [-0.3, -0.25) is 0 Å². The summed E-state index contributed by atoms with van der Waals surface area (Å²) in [5, 5.41) is 13.2. The summed E-state index contributed by atoms with van der Waals surface area (Å²) in [4.78, 5) is 4.18. The van der Waals surface area contributed by atoms with E-state index in [-0.39, 0.29) is 0 Å². The van der Waals surface area contributed by atoms with Gasteiger partial charge in [-0.15, -0.1) is 0 Å². The molecule has 0 atom stereocenters. The Morgan fingerprint density at radius 3 is 2.95 bits per heavy atom. The van der Waals surface area contributed by atoms with Crippen molar-refractivity contribution in [2.75, 3.05) is 7.11 Å². The molecular weight excluding hydrogens is 240 g/mol. The van der Waals surface area contributed by atoms with E-state index in [2.05, 4.69) is 16.2 Å². The van der Waals surface area contributed by atoms with Gasteiger partial charge in [0.1, 0.15) is 6.33 Å². The summed E-state index contributed by atoms with van der Waals surface area (Å²) in [6.45, 7) is 0. The van der Waals surface area contributed by atoms with Crippen LogP contribution in [0.5, 0.6) is 5.75 Å². The summed E-state index contributed by atoms with van der Waals surface area (Å²) in [7, 11) is 1.60. The molecule has 0 aliphatic rings. The zero-order chi connectivity index (χ0) is 13.2. The molecule has 0 saturated carbocycles. The minimum Gasteiger partial charge on any atom is -0.493 e. The molecule has 2 heterocycles. The number of methoxy groups -OCH3 is 1. The fourth-order valence-electron chi connectivity index (χ4n) is 2.01. The minimum atomic E-state index is 0.613. The van der Waals surface area contributed by atoms with E-state index in [1.54, 1.807) is 17.7 Å². The summed E-state index contributed by atoms with van der Waals surface area (Å²) in [6, 6.07) is 13.3. The number of nitrogens with zero attached hydrogens (tertiary/aromatic N) is 4. The van der Waals surface area contributed by atoms with E-state index in [9.17, 15) is 0 Å². The normalized spacial score (nSPS) is 10.3. The van der Waals surface area contributed by atoms with Gasteiger partial charge in [0.2, 0.25) is 0 Å². The number of aromatic nitrogens is 3. The van der Waals surface area contributed by atoms with Gasteiger partial charge in [0.25, 0.3) is 0 Å². The van der Waals surface area contributed by atoms with Gasteiger partial charge in [-0.2, -0.15) is 10.4 Å². The van der Waals surface area contributed by atoms with Gasteiger partial charge in [0.05, 0.1) is 24.4 Å². The van der Waals surface area contributed by atoms with Crippen LogP contribution in [-0.4, -0.2) is 21.7 Å². The van der Waals surface area contributed by atoms with Gasteiger partial charge in [-0.05, 0) is 24.3 Å². The summed E-state index contributed by atoms with van der Waals surface area (Å²) in [6.07, 6.45) is 1.48. The van der Waals surface area contributed by atoms with Crippen molar-refractivity contribution in [3.8, 4) is 23.1 Å². The number of benzene rings is 1. The smallest absolute Gasteiger partial charge is 0.198 e. The lowest BCUT2D eigenvalue weighted by Gasteiger charge is -2.07. The highest BCUT2D eigenvalue weighted by Crippen LogP contribution is 2.25.